The lowest BCUT2D eigenvalue weighted by Crippen LogP contribution is -2.32. The van der Waals surface area contributed by atoms with Crippen molar-refractivity contribution in [3.63, 3.8) is 0 Å². The predicted molar refractivity (Wildman–Crippen MR) is 121 cm³/mol. The number of aromatic amines is 1. The Morgan fingerprint density at radius 1 is 1.03 bits per heavy atom. The predicted octanol–water partition coefficient (Wildman–Crippen LogP) is 4.02. The van der Waals surface area contributed by atoms with E-state index in [-0.39, 0.29) is 29.3 Å². The first-order chi connectivity index (χ1) is 15.3. The van der Waals surface area contributed by atoms with Crippen molar-refractivity contribution in [1.82, 2.24) is 9.29 Å². The van der Waals surface area contributed by atoms with Gasteiger partial charge in [0.2, 0.25) is 10.0 Å². The van der Waals surface area contributed by atoms with Gasteiger partial charge in [-0.25, -0.2) is 8.42 Å². The van der Waals surface area contributed by atoms with Gasteiger partial charge in [-0.2, -0.15) is 4.31 Å². The van der Waals surface area contributed by atoms with Crippen LogP contribution in [0.5, 0.6) is 0 Å². The van der Waals surface area contributed by atoms with Gasteiger partial charge in [0, 0.05) is 17.7 Å². The fourth-order valence-corrected chi connectivity index (χ4v) is 4.93. The number of hydrogen-bond acceptors (Lipinski definition) is 5. The number of benzene rings is 2. The van der Waals surface area contributed by atoms with Gasteiger partial charge in [0.05, 0.1) is 23.2 Å². The summed E-state index contributed by atoms with van der Waals surface area (Å²) >= 11 is 0. The molecule has 32 heavy (non-hydrogen) atoms. The largest absolute Gasteiger partial charge is 0.468 e. The quantitative estimate of drug-likeness (QED) is 0.429. The number of ketones is 1. The Kier molecular flexibility index (Phi) is 5.82. The topological polar surface area (TPSA) is 100 Å². The summed E-state index contributed by atoms with van der Waals surface area (Å²) in [5, 5.41) is 0.820. The fraction of sp³-hybridized carbons (Fsp3) is 0.167. The molecule has 4 rings (SSSR count). The van der Waals surface area contributed by atoms with Crippen LogP contribution in [0.2, 0.25) is 0 Å². The van der Waals surface area contributed by atoms with Crippen LogP contribution in [0.4, 0.5) is 0 Å². The van der Waals surface area contributed by atoms with Crippen molar-refractivity contribution in [3.05, 3.63) is 99.7 Å². The number of rotatable bonds is 7. The summed E-state index contributed by atoms with van der Waals surface area (Å²) in [5.41, 5.74) is 2.04. The monoisotopic (exact) mass is 450 g/mol. The molecular weight excluding hydrogens is 428 g/mol. The Balaban J connectivity index is 1.76. The van der Waals surface area contributed by atoms with Gasteiger partial charge in [0.15, 0.2) is 5.78 Å². The first-order valence-electron chi connectivity index (χ1n) is 10.0. The number of hydrogen-bond donors (Lipinski definition) is 1. The van der Waals surface area contributed by atoms with Crippen LogP contribution in [-0.2, 0) is 23.1 Å². The molecule has 7 nitrogen and oxygen atoms in total. The summed E-state index contributed by atoms with van der Waals surface area (Å²) in [7, 11) is -3.99. The molecule has 4 aromatic rings. The third-order valence-corrected chi connectivity index (χ3v) is 7.13. The molecule has 8 heteroatoms. The van der Waals surface area contributed by atoms with Gasteiger partial charge in [-0.15, -0.1) is 0 Å². The molecule has 0 aliphatic rings. The fourth-order valence-electron chi connectivity index (χ4n) is 3.55. The number of sulfonamides is 1. The van der Waals surface area contributed by atoms with Crippen molar-refractivity contribution in [3.8, 4) is 0 Å². The van der Waals surface area contributed by atoms with E-state index in [2.05, 4.69) is 4.98 Å². The molecule has 0 spiro atoms. The van der Waals surface area contributed by atoms with Gasteiger partial charge in [-0.3, -0.25) is 9.59 Å². The minimum Gasteiger partial charge on any atom is -0.468 e. The van der Waals surface area contributed by atoms with Crippen molar-refractivity contribution in [1.29, 1.82) is 0 Å². The molecule has 2 aromatic heterocycles. The molecule has 0 saturated heterocycles. The SMILES string of the molecule is CC(=O)c1ccc(S(=O)(=O)N(Cc2ccco2)Cc2cc3cccc(C)c3[nH]c2=O)cc1. The first-order valence-corrected chi connectivity index (χ1v) is 11.4. The van der Waals surface area contributed by atoms with Crippen molar-refractivity contribution in [2.75, 3.05) is 0 Å². The van der Waals surface area contributed by atoms with E-state index in [0.717, 1.165) is 16.5 Å². The number of carbonyl (C=O) groups is 1. The molecule has 0 unspecified atom stereocenters. The lowest BCUT2D eigenvalue weighted by atomic mass is 10.1. The average Bonchev–Trinajstić information content (AvgIpc) is 3.28. The summed E-state index contributed by atoms with van der Waals surface area (Å²) in [6.45, 7) is 3.13. The van der Waals surface area contributed by atoms with Crippen LogP contribution in [0.25, 0.3) is 10.9 Å². The van der Waals surface area contributed by atoms with Gasteiger partial charge in [0.1, 0.15) is 5.76 Å². The van der Waals surface area contributed by atoms with Crippen LogP contribution in [0.1, 0.15) is 34.2 Å². The standard InChI is InChI=1S/C24H22N2O5S/c1-16-5-3-6-19-13-20(24(28)25-23(16)19)14-26(15-21-7-4-12-31-21)32(29,30)22-10-8-18(9-11-22)17(2)27/h3-13H,14-15H2,1-2H3,(H,25,28). The molecule has 0 radical (unpaired) electrons. The Labute approximate surface area is 185 Å². The van der Waals surface area contributed by atoms with Gasteiger partial charge >= 0.3 is 0 Å². The van der Waals surface area contributed by atoms with E-state index in [1.54, 1.807) is 18.2 Å². The molecule has 0 bridgehead atoms. The van der Waals surface area contributed by atoms with E-state index in [0.29, 0.717) is 16.9 Å². The summed E-state index contributed by atoms with van der Waals surface area (Å²) in [4.78, 5) is 27.2. The zero-order valence-corrected chi connectivity index (χ0v) is 18.5. The number of H-pyrrole nitrogens is 1. The van der Waals surface area contributed by atoms with Crippen LogP contribution in [0.15, 0.2) is 81.0 Å². The summed E-state index contributed by atoms with van der Waals surface area (Å²) < 4.78 is 33.5. The molecule has 0 amide bonds. The third kappa shape index (κ3) is 4.28. The van der Waals surface area contributed by atoms with Crippen molar-refractivity contribution in [2.24, 2.45) is 0 Å². The zero-order valence-electron chi connectivity index (χ0n) is 17.7. The molecule has 0 aliphatic heterocycles. The van der Waals surface area contributed by atoms with Gasteiger partial charge in [-0.1, -0.05) is 30.3 Å². The van der Waals surface area contributed by atoms with Crippen molar-refractivity contribution in [2.45, 2.75) is 31.8 Å². The van der Waals surface area contributed by atoms with E-state index in [9.17, 15) is 18.0 Å². The third-order valence-electron chi connectivity index (χ3n) is 5.32. The number of fused-ring (bicyclic) bond motifs is 1. The smallest absolute Gasteiger partial charge is 0.252 e. The van der Waals surface area contributed by atoms with Crippen molar-refractivity contribution >= 4 is 26.7 Å². The Morgan fingerprint density at radius 3 is 2.44 bits per heavy atom. The number of nitrogens with zero attached hydrogens (tertiary/aromatic N) is 1. The molecule has 0 atom stereocenters. The second-order valence-corrected chi connectivity index (χ2v) is 9.53. The highest BCUT2D eigenvalue weighted by molar-refractivity contribution is 7.89. The van der Waals surface area contributed by atoms with Gasteiger partial charge in [0.25, 0.3) is 5.56 Å². The van der Waals surface area contributed by atoms with E-state index < -0.39 is 10.0 Å². The number of pyridine rings is 1. The Morgan fingerprint density at radius 2 is 1.78 bits per heavy atom. The molecule has 0 fully saturated rings. The molecule has 1 N–H and O–H groups in total. The number of nitrogens with one attached hydrogen (secondary N) is 1. The number of para-hydroxylation sites is 1. The second kappa shape index (κ2) is 8.57. The van der Waals surface area contributed by atoms with Crippen LogP contribution in [0.3, 0.4) is 0 Å². The lowest BCUT2D eigenvalue weighted by molar-refractivity contribution is 0.101. The second-order valence-electron chi connectivity index (χ2n) is 7.60. The molecule has 0 saturated carbocycles. The number of furan rings is 1. The number of Topliss-reactive ketones (excluding diaryl/α,β-unsaturated/α-hetero) is 1. The van der Waals surface area contributed by atoms with Crippen LogP contribution < -0.4 is 5.56 Å². The summed E-state index contributed by atoms with van der Waals surface area (Å²) in [5.74, 6) is 0.293. The Bertz CT molecular complexity index is 1440. The number of aryl methyl sites for hydroxylation is 1. The summed E-state index contributed by atoms with van der Waals surface area (Å²) in [6, 6.07) is 16.5. The Hall–Kier alpha value is -3.49. The van der Waals surface area contributed by atoms with E-state index in [1.165, 1.54) is 41.8 Å². The van der Waals surface area contributed by atoms with E-state index >= 15 is 0 Å². The maximum Gasteiger partial charge on any atom is 0.252 e. The average molecular weight is 451 g/mol. The molecule has 2 aromatic carbocycles. The highest BCUT2D eigenvalue weighted by Crippen LogP contribution is 2.23. The maximum absolute atomic E-state index is 13.5. The van der Waals surface area contributed by atoms with Crippen LogP contribution in [0, 0.1) is 6.92 Å². The number of carbonyl (C=O) groups excluding carboxylic acids is 1. The molecular formula is C24H22N2O5S. The normalized spacial score (nSPS) is 11.8. The molecule has 0 aliphatic carbocycles. The van der Waals surface area contributed by atoms with Crippen LogP contribution >= 0.6 is 0 Å². The lowest BCUT2D eigenvalue weighted by Gasteiger charge is -2.21. The van der Waals surface area contributed by atoms with E-state index in [1.807, 2.05) is 25.1 Å². The molecule has 164 valence electrons. The summed E-state index contributed by atoms with van der Waals surface area (Å²) in [6.07, 6.45) is 1.47. The van der Waals surface area contributed by atoms with Crippen molar-refractivity contribution < 1.29 is 17.6 Å². The minimum atomic E-state index is -3.99. The molecule has 2 heterocycles. The van der Waals surface area contributed by atoms with Crippen LogP contribution in [-0.4, -0.2) is 23.5 Å². The zero-order chi connectivity index (χ0) is 22.9. The number of aromatic nitrogens is 1. The highest BCUT2D eigenvalue weighted by Gasteiger charge is 2.27. The maximum atomic E-state index is 13.5. The minimum absolute atomic E-state index is 0.0297. The first kappa shape index (κ1) is 21.7. The van der Waals surface area contributed by atoms with Gasteiger partial charge < -0.3 is 9.40 Å². The van der Waals surface area contributed by atoms with E-state index in [4.69, 9.17) is 4.42 Å². The van der Waals surface area contributed by atoms with Gasteiger partial charge in [-0.05, 0) is 55.1 Å². The highest BCUT2D eigenvalue weighted by atomic mass is 32.2.